The number of hydrogen-bond donors (Lipinski definition) is 1. The maximum Gasteiger partial charge on any atom is 0.150 e. The monoisotopic (exact) mass is 271 g/mol. The van der Waals surface area contributed by atoms with Crippen molar-refractivity contribution in [1.82, 2.24) is 0 Å². The van der Waals surface area contributed by atoms with Crippen LogP contribution >= 0.6 is 11.9 Å². The van der Waals surface area contributed by atoms with E-state index in [-0.39, 0.29) is 0 Å². The number of anilines is 1. The summed E-state index contributed by atoms with van der Waals surface area (Å²) in [5.74, 6) is 0. The highest BCUT2D eigenvalue weighted by Crippen LogP contribution is 2.23. The smallest absolute Gasteiger partial charge is 0.150 e. The first-order valence-corrected chi connectivity index (χ1v) is 7.12. The van der Waals surface area contributed by atoms with Crippen LogP contribution in [0.2, 0.25) is 0 Å². The molecule has 0 radical (unpaired) electrons. The van der Waals surface area contributed by atoms with Crippen LogP contribution in [0, 0.1) is 6.92 Å². The highest BCUT2D eigenvalue weighted by molar-refractivity contribution is 8.00. The normalized spacial score (nSPS) is 10.2. The highest BCUT2D eigenvalue weighted by atomic mass is 32.2. The first-order chi connectivity index (χ1) is 9.22. The van der Waals surface area contributed by atoms with Gasteiger partial charge in [0, 0.05) is 16.1 Å². The van der Waals surface area contributed by atoms with Crippen molar-refractivity contribution < 1.29 is 4.79 Å². The zero-order chi connectivity index (χ0) is 13.7. The first-order valence-electron chi connectivity index (χ1n) is 6.30. The number of hydrogen-bond acceptors (Lipinski definition) is 3. The molecule has 0 amide bonds. The Hall–Kier alpha value is -1.74. The molecule has 3 heteroatoms. The van der Waals surface area contributed by atoms with E-state index in [0.717, 1.165) is 34.4 Å². The van der Waals surface area contributed by atoms with Crippen LogP contribution in [-0.2, 0) is 6.42 Å². The molecule has 98 valence electrons. The summed E-state index contributed by atoms with van der Waals surface area (Å²) in [4.78, 5) is 11.9. The van der Waals surface area contributed by atoms with Crippen molar-refractivity contribution in [1.29, 1.82) is 0 Å². The summed E-state index contributed by atoms with van der Waals surface area (Å²) in [6.07, 6.45) is 1.95. The summed E-state index contributed by atoms with van der Waals surface area (Å²) in [5, 5.41) is 0. The molecule has 0 aliphatic heterocycles. The minimum atomic E-state index is 0.744. The molecule has 0 aliphatic carbocycles. The average Bonchev–Trinajstić information content (AvgIpc) is 2.47. The minimum absolute atomic E-state index is 0.744. The van der Waals surface area contributed by atoms with Gasteiger partial charge in [0.15, 0.2) is 0 Å². The van der Waals surface area contributed by atoms with E-state index in [1.807, 2.05) is 25.1 Å². The van der Waals surface area contributed by atoms with Crippen molar-refractivity contribution in [3.63, 3.8) is 0 Å². The van der Waals surface area contributed by atoms with Crippen molar-refractivity contribution in [2.24, 2.45) is 0 Å². The molecule has 2 aromatic carbocycles. The number of nitrogens with one attached hydrogen (secondary N) is 1. The molecular formula is C16H17NOS. The predicted octanol–water partition coefficient (Wildman–Crippen LogP) is 4.49. The van der Waals surface area contributed by atoms with E-state index >= 15 is 0 Å². The SMILES string of the molecule is CCc1ccc(NSc2ccc(C)c(C=O)c2)cc1. The molecule has 0 atom stereocenters. The van der Waals surface area contributed by atoms with Gasteiger partial charge in [-0.3, -0.25) is 4.79 Å². The van der Waals surface area contributed by atoms with Gasteiger partial charge in [0.05, 0.1) is 0 Å². The maximum atomic E-state index is 10.9. The average molecular weight is 271 g/mol. The van der Waals surface area contributed by atoms with Crippen LogP contribution in [-0.4, -0.2) is 6.29 Å². The fraction of sp³-hybridized carbons (Fsp3) is 0.188. The van der Waals surface area contributed by atoms with Crippen molar-refractivity contribution in [2.45, 2.75) is 25.2 Å². The molecular weight excluding hydrogens is 254 g/mol. The zero-order valence-corrected chi connectivity index (χ0v) is 12.0. The Bertz CT molecular complexity index is 563. The Kier molecular flexibility index (Phi) is 4.63. The molecule has 2 nitrogen and oxygen atoms in total. The molecule has 0 fully saturated rings. The summed E-state index contributed by atoms with van der Waals surface area (Å²) >= 11 is 1.52. The van der Waals surface area contributed by atoms with Crippen LogP contribution in [0.4, 0.5) is 5.69 Å². The summed E-state index contributed by atoms with van der Waals surface area (Å²) in [6, 6.07) is 14.3. The summed E-state index contributed by atoms with van der Waals surface area (Å²) < 4.78 is 3.28. The van der Waals surface area contributed by atoms with Crippen LogP contribution in [0.3, 0.4) is 0 Å². The van der Waals surface area contributed by atoms with Gasteiger partial charge < -0.3 is 4.72 Å². The Morgan fingerprint density at radius 2 is 1.89 bits per heavy atom. The van der Waals surface area contributed by atoms with Crippen LogP contribution in [0.15, 0.2) is 47.4 Å². The van der Waals surface area contributed by atoms with Crippen molar-refractivity contribution in [2.75, 3.05) is 4.72 Å². The first kappa shape index (κ1) is 13.7. The lowest BCUT2D eigenvalue weighted by molar-refractivity contribution is 0.112. The van der Waals surface area contributed by atoms with Crippen LogP contribution in [0.25, 0.3) is 0 Å². The van der Waals surface area contributed by atoms with Crippen molar-refractivity contribution in [3.8, 4) is 0 Å². The number of benzene rings is 2. The third-order valence-corrected chi connectivity index (χ3v) is 3.85. The molecule has 0 heterocycles. The maximum absolute atomic E-state index is 10.9. The topological polar surface area (TPSA) is 29.1 Å². The van der Waals surface area contributed by atoms with Gasteiger partial charge in [-0.05, 0) is 60.7 Å². The van der Waals surface area contributed by atoms with Crippen LogP contribution in [0.5, 0.6) is 0 Å². The van der Waals surface area contributed by atoms with E-state index in [2.05, 4.69) is 35.9 Å². The Morgan fingerprint density at radius 3 is 2.53 bits per heavy atom. The van der Waals surface area contributed by atoms with Gasteiger partial charge in [0.25, 0.3) is 0 Å². The Balaban J connectivity index is 2.03. The largest absolute Gasteiger partial charge is 0.326 e. The van der Waals surface area contributed by atoms with E-state index in [4.69, 9.17) is 0 Å². The molecule has 0 aliphatic rings. The van der Waals surface area contributed by atoms with Gasteiger partial charge in [-0.2, -0.15) is 0 Å². The predicted molar refractivity (Wildman–Crippen MR) is 81.9 cm³/mol. The lowest BCUT2D eigenvalue weighted by Crippen LogP contribution is -1.90. The summed E-state index contributed by atoms with van der Waals surface area (Å²) in [7, 11) is 0. The number of aryl methyl sites for hydroxylation is 2. The van der Waals surface area contributed by atoms with Crippen molar-refractivity contribution in [3.05, 3.63) is 59.2 Å². The highest BCUT2D eigenvalue weighted by Gasteiger charge is 2.00. The molecule has 2 rings (SSSR count). The molecule has 0 bridgehead atoms. The van der Waals surface area contributed by atoms with Crippen molar-refractivity contribution >= 4 is 23.9 Å². The van der Waals surface area contributed by atoms with Gasteiger partial charge in [-0.15, -0.1) is 0 Å². The molecule has 0 spiro atoms. The Morgan fingerprint density at radius 1 is 1.16 bits per heavy atom. The van der Waals surface area contributed by atoms with E-state index in [1.165, 1.54) is 17.5 Å². The third kappa shape index (κ3) is 3.61. The summed E-state index contributed by atoms with van der Waals surface area (Å²) in [6.45, 7) is 4.08. The lowest BCUT2D eigenvalue weighted by Gasteiger charge is -2.07. The molecule has 1 N–H and O–H groups in total. The molecule has 0 unspecified atom stereocenters. The second kappa shape index (κ2) is 6.43. The van der Waals surface area contributed by atoms with Gasteiger partial charge in [0.1, 0.15) is 6.29 Å². The number of carbonyl (C=O) groups excluding carboxylic acids is 1. The third-order valence-electron chi connectivity index (χ3n) is 3.03. The number of carbonyl (C=O) groups is 1. The number of rotatable bonds is 5. The second-order valence-corrected chi connectivity index (χ2v) is 5.27. The van der Waals surface area contributed by atoms with E-state index in [1.54, 1.807) is 0 Å². The van der Waals surface area contributed by atoms with Gasteiger partial charge in [0.2, 0.25) is 0 Å². The zero-order valence-electron chi connectivity index (χ0n) is 11.1. The minimum Gasteiger partial charge on any atom is -0.326 e. The van der Waals surface area contributed by atoms with Crippen LogP contribution in [0.1, 0.15) is 28.4 Å². The lowest BCUT2D eigenvalue weighted by atomic mass is 10.1. The van der Waals surface area contributed by atoms with Gasteiger partial charge >= 0.3 is 0 Å². The van der Waals surface area contributed by atoms with Gasteiger partial charge in [-0.1, -0.05) is 25.1 Å². The quantitative estimate of drug-likeness (QED) is 0.641. The van der Waals surface area contributed by atoms with Crippen LogP contribution < -0.4 is 4.72 Å². The van der Waals surface area contributed by atoms with Gasteiger partial charge in [-0.25, -0.2) is 0 Å². The fourth-order valence-corrected chi connectivity index (χ4v) is 2.43. The molecule has 0 aromatic heterocycles. The molecule has 0 saturated heterocycles. The molecule has 19 heavy (non-hydrogen) atoms. The number of aldehydes is 1. The Labute approximate surface area is 118 Å². The van der Waals surface area contributed by atoms with E-state index < -0.39 is 0 Å². The second-order valence-electron chi connectivity index (χ2n) is 4.39. The molecule has 0 saturated carbocycles. The fourth-order valence-electron chi connectivity index (χ4n) is 1.74. The van der Waals surface area contributed by atoms with E-state index in [0.29, 0.717) is 0 Å². The standard InChI is InChI=1S/C16H17NOS/c1-3-13-5-7-15(8-6-13)17-19-16-9-4-12(2)14(10-16)11-18/h4-11,17H,3H2,1-2H3. The summed E-state index contributed by atoms with van der Waals surface area (Å²) in [5.41, 5.74) is 4.14. The van der Waals surface area contributed by atoms with E-state index in [9.17, 15) is 4.79 Å². The molecule has 2 aromatic rings.